The smallest absolute Gasteiger partial charge is 0.306 e. The molecule has 50 heavy (non-hydrogen) atoms. The van der Waals surface area contributed by atoms with Crippen LogP contribution in [0.3, 0.4) is 0 Å². The minimum absolute atomic E-state index is 0.0132. The van der Waals surface area contributed by atoms with E-state index in [9.17, 15) is 9.59 Å². The molecule has 0 amide bonds. The number of hydrogen-bond donors (Lipinski definition) is 0. The molecule has 0 N–H and O–H groups in total. The number of carbonyl (C=O) groups excluding carboxylic acids is 2. The second-order valence-electron chi connectivity index (χ2n) is 15.1. The topological polar surface area (TPSA) is 78.5 Å². The van der Waals surface area contributed by atoms with Crippen molar-refractivity contribution in [2.24, 2.45) is 0 Å². The molecule has 0 unspecified atom stereocenters. The molecule has 0 heterocycles. The Balaban J connectivity index is 5.43. The van der Waals surface area contributed by atoms with Crippen molar-refractivity contribution in [2.75, 3.05) is 181 Å². The molecule has 0 aromatic heterocycles. The molecule has 0 aromatic rings. The van der Waals surface area contributed by atoms with Gasteiger partial charge in [0.25, 0.3) is 0 Å². The summed E-state index contributed by atoms with van der Waals surface area (Å²) in [6, 6.07) is 0. The fourth-order valence-electron chi connectivity index (χ4n) is 5.96. The van der Waals surface area contributed by atoms with E-state index in [4.69, 9.17) is 9.47 Å². The number of Topliss-reactive ketones (excluding diaryl/α,β-unsaturated/α-hetero) is 1. The molecule has 0 aliphatic carbocycles. The summed E-state index contributed by atoms with van der Waals surface area (Å²) >= 11 is 0. The van der Waals surface area contributed by atoms with Crippen molar-refractivity contribution in [2.45, 2.75) is 58.3 Å². The lowest BCUT2D eigenvalue weighted by Crippen LogP contribution is -2.41. The van der Waals surface area contributed by atoms with Crippen molar-refractivity contribution >= 4 is 11.8 Å². The first-order chi connectivity index (χ1) is 23.8. The van der Waals surface area contributed by atoms with Gasteiger partial charge >= 0.3 is 5.97 Å². The maximum atomic E-state index is 12.1. The number of ether oxygens (including phenoxy) is 2. The minimum atomic E-state index is -0.296. The quantitative estimate of drug-likeness (QED) is 0.0895. The number of ketones is 1. The van der Waals surface area contributed by atoms with Crippen LogP contribution in [0.1, 0.15) is 58.3 Å². The molecule has 0 aromatic carbocycles. The molecule has 0 aliphatic rings. The van der Waals surface area contributed by atoms with Crippen LogP contribution in [-0.4, -0.2) is 232 Å². The van der Waals surface area contributed by atoms with Crippen LogP contribution in [0.25, 0.3) is 0 Å². The molecule has 0 radical (unpaired) electrons. The molecule has 12 heteroatoms. The first-order valence-corrected chi connectivity index (χ1v) is 19.4. The third kappa shape index (κ3) is 32.7. The maximum absolute atomic E-state index is 12.1. The van der Waals surface area contributed by atoms with Gasteiger partial charge in [-0.3, -0.25) is 9.69 Å². The minimum Gasteiger partial charge on any atom is -0.464 e. The highest BCUT2D eigenvalue weighted by molar-refractivity contribution is 5.80. The van der Waals surface area contributed by atoms with Gasteiger partial charge in [0.1, 0.15) is 12.4 Å². The average Bonchev–Trinajstić information content (AvgIpc) is 3.03. The number of esters is 1. The fraction of sp³-hybridized carbons (Fsp3) is 0.947. The first kappa shape index (κ1) is 48.8. The SMILES string of the molecule is COCCN(CCOC(=O)CCC(C)=O)CCN(CCCN(CCCN(C)C)CCCN(C)C)CCCN(CCCN(C)C)CCCN(C)C. The number of nitrogens with zero attached hydrogens (tertiary/aromatic N) is 8. The number of carbonyl (C=O) groups is 2. The van der Waals surface area contributed by atoms with E-state index in [1.807, 2.05) is 0 Å². The summed E-state index contributed by atoms with van der Waals surface area (Å²) in [5.41, 5.74) is 0. The van der Waals surface area contributed by atoms with E-state index in [-0.39, 0.29) is 24.6 Å². The van der Waals surface area contributed by atoms with Gasteiger partial charge in [-0.15, -0.1) is 0 Å². The van der Waals surface area contributed by atoms with Gasteiger partial charge in [-0.1, -0.05) is 0 Å². The molecule has 0 saturated heterocycles. The molecule has 0 atom stereocenters. The van der Waals surface area contributed by atoms with Crippen LogP contribution in [-0.2, 0) is 19.1 Å². The van der Waals surface area contributed by atoms with Crippen molar-refractivity contribution in [3.8, 4) is 0 Å². The molecular formula is C38H82N8O4. The second kappa shape index (κ2) is 32.4. The van der Waals surface area contributed by atoms with E-state index in [0.717, 1.165) is 111 Å². The molecular weight excluding hydrogens is 632 g/mol. The molecule has 298 valence electrons. The predicted octanol–water partition coefficient (Wildman–Crippen LogP) is 2.34. The van der Waals surface area contributed by atoms with Gasteiger partial charge in [0.05, 0.1) is 13.0 Å². The third-order valence-corrected chi connectivity index (χ3v) is 8.91. The summed E-state index contributed by atoms with van der Waals surface area (Å²) in [6.45, 7) is 19.3. The van der Waals surface area contributed by atoms with Crippen LogP contribution >= 0.6 is 0 Å². The van der Waals surface area contributed by atoms with Crippen molar-refractivity contribution in [1.29, 1.82) is 0 Å². The van der Waals surface area contributed by atoms with Gasteiger partial charge in [-0.2, -0.15) is 0 Å². The molecule has 0 rings (SSSR count). The highest BCUT2D eigenvalue weighted by Crippen LogP contribution is 2.05. The summed E-state index contributed by atoms with van der Waals surface area (Å²) in [4.78, 5) is 42.9. The highest BCUT2D eigenvalue weighted by Gasteiger charge is 2.14. The van der Waals surface area contributed by atoms with Crippen molar-refractivity contribution in [3.05, 3.63) is 0 Å². The van der Waals surface area contributed by atoms with E-state index in [0.29, 0.717) is 19.8 Å². The average molecular weight is 715 g/mol. The third-order valence-electron chi connectivity index (χ3n) is 8.91. The van der Waals surface area contributed by atoms with Crippen molar-refractivity contribution < 1.29 is 19.1 Å². The Labute approximate surface area is 309 Å². The number of hydrogen-bond acceptors (Lipinski definition) is 12. The second-order valence-corrected chi connectivity index (χ2v) is 15.1. The molecule has 0 saturated carbocycles. The van der Waals surface area contributed by atoms with Crippen LogP contribution in [0, 0.1) is 0 Å². The van der Waals surface area contributed by atoms with E-state index < -0.39 is 0 Å². The lowest BCUT2D eigenvalue weighted by Gasteiger charge is -2.30. The van der Waals surface area contributed by atoms with Crippen LogP contribution in [0.15, 0.2) is 0 Å². The Morgan fingerprint density at radius 3 is 1.02 bits per heavy atom. The van der Waals surface area contributed by atoms with Gasteiger partial charge in [-0.25, -0.2) is 0 Å². The normalized spacial score (nSPS) is 12.4. The summed E-state index contributed by atoms with van der Waals surface area (Å²) in [6.07, 6.45) is 7.51. The largest absolute Gasteiger partial charge is 0.464 e. The Kier molecular flexibility index (Phi) is 31.6. The first-order valence-electron chi connectivity index (χ1n) is 19.4. The molecule has 0 spiro atoms. The zero-order valence-electron chi connectivity index (χ0n) is 34.6. The Hall–Kier alpha value is -1.22. The summed E-state index contributed by atoms with van der Waals surface area (Å²) in [7, 11) is 19.0. The fourth-order valence-corrected chi connectivity index (χ4v) is 5.96. The van der Waals surface area contributed by atoms with E-state index in [1.54, 1.807) is 7.11 Å². The Morgan fingerprint density at radius 2 is 0.700 bits per heavy atom. The van der Waals surface area contributed by atoms with E-state index in [2.05, 4.69) is 95.6 Å². The zero-order valence-corrected chi connectivity index (χ0v) is 34.6. The maximum Gasteiger partial charge on any atom is 0.306 e. The van der Waals surface area contributed by atoms with Gasteiger partial charge in [0.2, 0.25) is 0 Å². The van der Waals surface area contributed by atoms with Crippen LogP contribution in [0.2, 0.25) is 0 Å². The van der Waals surface area contributed by atoms with Gasteiger partial charge in [0.15, 0.2) is 0 Å². The van der Waals surface area contributed by atoms with Crippen molar-refractivity contribution in [1.82, 2.24) is 39.2 Å². The molecule has 0 aliphatic heterocycles. The van der Waals surface area contributed by atoms with Crippen LogP contribution in [0.4, 0.5) is 0 Å². The lowest BCUT2D eigenvalue weighted by atomic mass is 10.2. The van der Waals surface area contributed by atoms with Gasteiger partial charge < -0.3 is 48.6 Å². The Bertz CT molecular complexity index is 737. The van der Waals surface area contributed by atoms with E-state index >= 15 is 0 Å². The van der Waals surface area contributed by atoms with Crippen LogP contribution in [0.5, 0.6) is 0 Å². The summed E-state index contributed by atoms with van der Waals surface area (Å²) < 4.78 is 10.9. The molecule has 12 nitrogen and oxygen atoms in total. The molecule has 0 fully saturated rings. The van der Waals surface area contributed by atoms with Crippen molar-refractivity contribution in [3.63, 3.8) is 0 Å². The summed E-state index contributed by atoms with van der Waals surface area (Å²) in [5, 5.41) is 0. The highest BCUT2D eigenvalue weighted by atomic mass is 16.5. The van der Waals surface area contributed by atoms with Gasteiger partial charge in [-0.05, 0) is 180 Å². The zero-order chi connectivity index (χ0) is 37.6. The van der Waals surface area contributed by atoms with Gasteiger partial charge in [0, 0.05) is 39.7 Å². The molecule has 0 bridgehead atoms. The van der Waals surface area contributed by atoms with Crippen LogP contribution < -0.4 is 0 Å². The standard InChI is InChI=1S/C38H82N8O4/c1-37(47)17-18-38(48)50-36-34-46(33-35-49-10)32-31-45(29-15-27-43(23-11-19-39(2)3)24-12-20-40(4)5)30-16-28-44(25-13-21-41(6)7)26-14-22-42(8)9/h11-36H2,1-10H3. The summed E-state index contributed by atoms with van der Waals surface area (Å²) in [5.74, 6) is -0.283. The number of rotatable bonds is 36. The van der Waals surface area contributed by atoms with E-state index in [1.165, 1.54) is 32.6 Å². The Morgan fingerprint density at radius 1 is 0.400 bits per heavy atom. The lowest BCUT2D eigenvalue weighted by molar-refractivity contribution is -0.145. The monoisotopic (exact) mass is 715 g/mol. The predicted molar refractivity (Wildman–Crippen MR) is 210 cm³/mol. The number of methoxy groups -OCH3 is 1.